The van der Waals surface area contributed by atoms with Crippen molar-refractivity contribution < 1.29 is 24.9 Å². The minimum absolute atomic E-state index is 0.0383. The molecule has 2 rings (SSSR count). The summed E-state index contributed by atoms with van der Waals surface area (Å²) in [5.41, 5.74) is 0.723. The zero-order valence-corrected chi connectivity index (χ0v) is 20.4. The summed E-state index contributed by atoms with van der Waals surface area (Å²) < 4.78 is 8.96. The predicted octanol–water partition coefficient (Wildman–Crippen LogP) is 4.59. The zero-order chi connectivity index (χ0) is 18.0. The number of carbonyl (C=O) groups is 1. The summed E-state index contributed by atoms with van der Waals surface area (Å²) >= 11 is 8.31. The van der Waals surface area contributed by atoms with Crippen LogP contribution in [0.2, 0.25) is 0 Å². The Balaban J connectivity index is 2.30. The summed E-state index contributed by atoms with van der Waals surface area (Å²) in [6.07, 6.45) is -1.39. The molecule has 0 saturated carbocycles. The maximum Gasteiger partial charge on any atom is 0.332 e. The molecular weight excluding hydrogens is 768 g/mol. The molecule has 0 radical (unpaired) electrons. The Morgan fingerprint density at radius 1 is 1.00 bits per heavy atom. The van der Waals surface area contributed by atoms with Crippen molar-refractivity contribution >= 4 is 96.3 Å². The number of hydrogen-bond acceptors (Lipinski definition) is 4. The van der Waals surface area contributed by atoms with Crippen LogP contribution in [-0.2, 0) is 11.2 Å². The van der Waals surface area contributed by atoms with Crippen LogP contribution in [0.5, 0.6) is 17.2 Å². The van der Waals surface area contributed by atoms with Gasteiger partial charge in [-0.1, -0.05) is 0 Å². The first-order valence-electron chi connectivity index (χ1n) is 6.43. The number of carboxylic acids is 1. The van der Waals surface area contributed by atoms with Gasteiger partial charge in [-0.15, -0.1) is 0 Å². The first-order chi connectivity index (χ1) is 11.2. The Hall–Kier alpha value is 0.390. The second-order valence-electron chi connectivity index (χ2n) is 4.78. The number of aromatic hydroxyl groups is 1. The number of ether oxygens (including phenoxy) is 1. The molecular formula is C15H10I4O5. The second-order valence-corrected chi connectivity index (χ2v) is 9.43. The molecule has 0 bridgehead atoms. The maximum atomic E-state index is 10.8. The van der Waals surface area contributed by atoms with Gasteiger partial charge in [0, 0.05) is 6.42 Å². The first kappa shape index (κ1) is 20.7. The van der Waals surface area contributed by atoms with E-state index < -0.39 is 12.1 Å². The van der Waals surface area contributed by atoms with Crippen molar-refractivity contribution in [3.05, 3.63) is 44.1 Å². The van der Waals surface area contributed by atoms with E-state index in [4.69, 9.17) is 9.84 Å². The summed E-state index contributed by atoms with van der Waals surface area (Å²) in [5, 5.41) is 28.1. The Morgan fingerprint density at radius 3 is 1.96 bits per heavy atom. The van der Waals surface area contributed by atoms with Gasteiger partial charge in [0.25, 0.3) is 0 Å². The fourth-order valence-corrected chi connectivity index (χ4v) is 5.69. The number of aliphatic hydroxyl groups excluding tert-OH is 1. The SMILES string of the molecule is O=C(O)[C@H](O)Cc1cc(I)c(Oc2cc(I)c(O)c(I)c2)c(I)c1. The third kappa shape index (κ3) is 5.20. The van der Waals surface area contributed by atoms with Gasteiger partial charge in [-0.05, 0) is 120 Å². The molecule has 0 aliphatic carbocycles. The first-order valence-corrected chi connectivity index (χ1v) is 10.7. The minimum atomic E-state index is -1.43. The molecule has 1 atom stereocenters. The summed E-state index contributed by atoms with van der Waals surface area (Å²) in [5.74, 6) is 0.248. The van der Waals surface area contributed by atoms with Crippen LogP contribution in [0.3, 0.4) is 0 Å². The zero-order valence-electron chi connectivity index (χ0n) is 11.8. The lowest BCUT2D eigenvalue weighted by Crippen LogP contribution is -2.22. The van der Waals surface area contributed by atoms with Crippen LogP contribution in [0, 0.1) is 14.3 Å². The molecule has 128 valence electrons. The van der Waals surface area contributed by atoms with E-state index in [1.165, 1.54) is 0 Å². The number of benzene rings is 2. The van der Waals surface area contributed by atoms with Gasteiger partial charge in [0.2, 0.25) is 0 Å². The molecule has 0 aliphatic heterocycles. The van der Waals surface area contributed by atoms with E-state index in [2.05, 4.69) is 45.2 Å². The molecule has 0 heterocycles. The number of rotatable bonds is 5. The van der Waals surface area contributed by atoms with Crippen molar-refractivity contribution in [3.63, 3.8) is 0 Å². The van der Waals surface area contributed by atoms with Gasteiger partial charge < -0.3 is 20.1 Å². The topological polar surface area (TPSA) is 87.0 Å². The smallest absolute Gasteiger partial charge is 0.332 e. The largest absolute Gasteiger partial charge is 0.506 e. The van der Waals surface area contributed by atoms with E-state index >= 15 is 0 Å². The van der Waals surface area contributed by atoms with Crippen molar-refractivity contribution in [2.75, 3.05) is 0 Å². The van der Waals surface area contributed by atoms with Crippen molar-refractivity contribution in [3.8, 4) is 17.2 Å². The molecule has 0 amide bonds. The van der Waals surface area contributed by atoms with Crippen molar-refractivity contribution in [1.82, 2.24) is 0 Å². The standard InChI is InChI=1S/C15H10I4O5/c16-8-4-7(5-9(17)13(8)21)24-14-10(18)1-6(2-11(14)19)3-12(20)15(22)23/h1-2,4-5,12,20-21H,3H2,(H,22,23)/t12-/m1/s1. The van der Waals surface area contributed by atoms with Crippen LogP contribution in [0.25, 0.3) is 0 Å². The summed E-state index contributed by atoms with van der Waals surface area (Å²) in [4.78, 5) is 10.8. The number of phenolic OH excluding ortho intramolecular Hbond substituents is 1. The predicted molar refractivity (Wildman–Crippen MR) is 123 cm³/mol. The number of halogens is 4. The summed E-state index contributed by atoms with van der Waals surface area (Å²) in [7, 11) is 0. The minimum Gasteiger partial charge on any atom is -0.506 e. The molecule has 0 fully saturated rings. The number of aliphatic hydroxyl groups is 1. The van der Waals surface area contributed by atoms with Gasteiger partial charge in [-0.2, -0.15) is 0 Å². The lowest BCUT2D eigenvalue weighted by atomic mass is 10.1. The van der Waals surface area contributed by atoms with Gasteiger partial charge in [0.15, 0.2) is 11.9 Å². The molecule has 9 heteroatoms. The normalized spacial score (nSPS) is 12.0. The molecule has 2 aromatic carbocycles. The molecule has 0 spiro atoms. The number of aliphatic carboxylic acids is 1. The lowest BCUT2D eigenvalue weighted by molar-refractivity contribution is -0.146. The highest BCUT2D eigenvalue weighted by atomic mass is 127. The number of hydrogen-bond donors (Lipinski definition) is 3. The van der Waals surface area contributed by atoms with Crippen LogP contribution >= 0.6 is 90.4 Å². The van der Waals surface area contributed by atoms with Gasteiger partial charge >= 0.3 is 5.97 Å². The molecule has 0 aromatic heterocycles. The van der Waals surface area contributed by atoms with Gasteiger partial charge in [-0.3, -0.25) is 0 Å². The Labute approximate surface area is 192 Å². The van der Waals surface area contributed by atoms with Crippen LogP contribution in [0.4, 0.5) is 0 Å². The Morgan fingerprint density at radius 2 is 1.50 bits per heavy atom. The van der Waals surface area contributed by atoms with E-state index in [1.807, 2.05) is 45.2 Å². The van der Waals surface area contributed by atoms with E-state index in [9.17, 15) is 15.0 Å². The summed E-state index contributed by atoms with van der Waals surface area (Å²) in [6, 6.07) is 7.07. The van der Waals surface area contributed by atoms with Gasteiger partial charge in [-0.25, -0.2) is 4.79 Å². The molecule has 24 heavy (non-hydrogen) atoms. The molecule has 5 nitrogen and oxygen atoms in total. The molecule has 0 saturated heterocycles. The van der Waals surface area contributed by atoms with E-state index in [0.717, 1.165) is 12.7 Å². The molecule has 2 aromatic rings. The molecule has 0 unspecified atom stereocenters. The quantitative estimate of drug-likeness (QED) is 0.387. The van der Waals surface area contributed by atoms with E-state index in [1.54, 1.807) is 24.3 Å². The monoisotopic (exact) mass is 778 g/mol. The van der Waals surface area contributed by atoms with Crippen molar-refractivity contribution in [2.24, 2.45) is 0 Å². The highest BCUT2D eigenvalue weighted by Gasteiger charge is 2.17. The molecule has 3 N–H and O–H groups in total. The number of carboxylic acid groups (broad SMARTS) is 1. The fourth-order valence-electron chi connectivity index (χ4n) is 1.86. The van der Waals surface area contributed by atoms with Crippen molar-refractivity contribution in [2.45, 2.75) is 12.5 Å². The van der Waals surface area contributed by atoms with Gasteiger partial charge in [0.05, 0.1) is 14.3 Å². The second kappa shape index (κ2) is 8.85. The molecule has 0 aliphatic rings. The van der Waals surface area contributed by atoms with Crippen LogP contribution < -0.4 is 4.74 Å². The van der Waals surface area contributed by atoms with Crippen LogP contribution in [0.15, 0.2) is 24.3 Å². The van der Waals surface area contributed by atoms with Gasteiger partial charge in [0.1, 0.15) is 11.5 Å². The average molecular weight is 778 g/mol. The lowest BCUT2D eigenvalue weighted by Gasteiger charge is -2.14. The maximum absolute atomic E-state index is 10.8. The van der Waals surface area contributed by atoms with Crippen molar-refractivity contribution in [1.29, 1.82) is 0 Å². The third-order valence-corrected chi connectivity index (χ3v) is 6.23. The Bertz CT molecular complexity index is 747. The highest BCUT2D eigenvalue weighted by molar-refractivity contribution is 14.1. The third-order valence-electron chi connectivity index (χ3n) is 2.98. The van der Waals surface area contributed by atoms with Crippen LogP contribution in [0.1, 0.15) is 5.56 Å². The van der Waals surface area contributed by atoms with E-state index in [-0.39, 0.29) is 12.2 Å². The average Bonchev–Trinajstić information content (AvgIpc) is 2.48. The Kier molecular flexibility index (Phi) is 7.64. The van der Waals surface area contributed by atoms with Crippen LogP contribution in [-0.4, -0.2) is 27.4 Å². The van der Waals surface area contributed by atoms with E-state index in [0.29, 0.717) is 18.6 Å². The number of phenols is 1. The summed E-state index contributed by atoms with van der Waals surface area (Å²) in [6.45, 7) is 0. The highest BCUT2D eigenvalue weighted by Crippen LogP contribution is 2.36. The fraction of sp³-hybridized carbons (Fsp3) is 0.133.